The molecule has 1 aromatic heterocycles. The summed E-state index contributed by atoms with van der Waals surface area (Å²) in [6.45, 7) is 3.69. The van der Waals surface area contributed by atoms with Crippen LogP contribution in [0.2, 0.25) is 0 Å². The SMILES string of the molecule is CN1CCN(C(C(=O)Nc2ccc(-c3ncc[nH]3)cc2)c2ccccc2)CC1. The van der Waals surface area contributed by atoms with Crippen LogP contribution in [0.5, 0.6) is 0 Å². The molecule has 4 rings (SSSR count). The molecule has 28 heavy (non-hydrogen) atoms. The van der Waals surface area contributed by atoms with E-state index >= 15 is 0 Å². The third kappa shape index (κ3) is 4.13. The predicted octanol–water partition coefficient (Wildman–Crippen LogP) is 3.00. The summed E-state index contributed by atoms with van der Waals surface area (Å²) in [4.78, 5) is 25.1. The lowest BCUT2D eigenvalue weighted by atomic mass is 10.0. The number of anilines is 1. The lowest BCUT2D eigenvalue weighted by Crippen LogP contribution is -2.48. The van der Waals surface area contributed by atoms with Gasteiger partial charge in [0.1, 0.15) is 11.9 Å². The highest BCUT2D eigenvalue weighted by molar-refractivity contribution is 5.95. The molecule has 1 fully saturated rings. The number of nitrogens with one attached hydrogen (secondary N) is 2. The number of hydrogen-bond donors (Lipinski definition) is 2. The Morgan fingerprint density at radius 1 is 1.04 bits per heavy atom. The molecule has 144 valence electrons. The average molecular weight is 375 g/mol. The van der Waals surface area contributed by atoms with Crippen molar-refractivity contribution in [1.29, 1.82) is 0 Å². The van der Waals surface area contributed by atoms with E-state index in [-0.39, 0.29) is 11.9 Å². The molecule has 6 nitrogen and oxygen atoms in total. The second-order valence-corrected chi connectivity index (χ2v) is 7.16. The van der Waals surface area contributed by atoms with Gasteiger partial charge in [-0.15, -0.1) is 0 Å². The van der Waals surface area contributed by atoms with Gasteiger partial charge in [0, 0.05) is 49.8 Å². The summed E-state index contributed by atoms with van der Waals surface area (Å²) >= 11 is 0. The highest BCUT2D eigenvalue weighted by Gasteiger charge is 2.29. The zero-order valence-corrected chi connectivity index (χ0v) is 16.0. The number of amides is 1. The molecular formula is C22H25N5O. The average Bonchev–Trinajstić information content (AvgIpc) is 3.26. The van der Waals surface area contributed by atoms with Crippen LogP contribution in [-0.4, -0.2) is 58.9 Å². The van der Waals surface area contributed by atoms with Crippen molar-refractivity contribution < 1.29 is 4.79 Å². The van der Waals surface area contributed by atoms with Crippen LogP contribution in [0.1, 0.15) is 11.6 Å². The molecule has 1 aliphatic rings. The van der Waals surface area contributed by atoms with E-state index in [9.17, 15) is 4.79 Å². The molecule has 3 aromatic rings. The maximum absolute atomic E-state index is 13.2. The minimum Gasteiger partial charge on any atom is -0.345 e. The summed E-state index contributed by atoms with van der Waals surface area (Å²) in [7, 11) is 2.12. The van der Waals surface area contributed by atoms with E-state index in [1.165, 1.54) is 0 Å². The van der Waals surface area contributed by atoms with Crippen molar-refractivity contribution >= 4 is 11.6 Å². The first-order chi connectivity index (χ1) is 13.7. The van der Waals surface area contributed by atoms with Gasteiger partial charge in [-0.2, -0.15) is 0 Å². The number of carbonyl (C=O) groups is 1. The molecule has 0 bridgehead atoms. The van der Waals surface area contributed by atoms with E-state index in [1.54, 1.807) is 12.4 Å². The van der Waals surface area contributed by atoms with Gasteiger partial charge in [0.25, 0.3) is 0 Å². The fourth-order valence-corrected chi connectivity index (χ4v) is 3.59. The second kappa shape index (κ2) is 8.37. The second-order valence-electron chi connectivity index (χ2n) is 7.16. The number of nitrogens with zero attached hydrogens (tertiary/aromatic N) is 3. The number of rotatable bonds is 5. The van der Waals surface area contributed by atoms with Crippen molar-refractivity contribution in [1.82, 2.24) is 19.8 Å². The van der Waals surface area contributed by atoms with Gasteiger partial charge in [-0.3, -0.25) is 9.69 Å². The Morgan fingerprint density at radius 2 is 1.75 bits per heavy atom. The molecule has 1 unspecified atom stereocenters. The highest BCUT2D eigenvalue weighted by atomic mass is 16.2. The summed E-state index contributed by atoms with van der Waals surface area (Å²) < 4.78 is 0. The summed E-state index contributed by atoms with van der Waals surface area (Å²) in [6.07, 6.45) is 3.52. The third-order valence-corrected chi connectivity index (χ3v) is 5.19. The number of aromatic amines is 1. The zero-order valence-electron chi connectivity index (χ0n) is 16.0. The van der Waals surface area contributed by atoms with Gasteiger partial charge >= 0.3 is 0 Å². The summed E-state index contributed by atoms with van der Waals surface area (Å²) in [5.74, 6) is 0.818. The quantitative estimate of drug-likeness (QED) is 0.720. The Bertz CT molecular complexity index is 884. The maximum Gasteiger partial charge on any atom is 0.246 e. The highest BCUT2D eigenvalue weighted by Crippen LogP contribution is 2.25. The third-order valence-electron chi connectivity index (χ3n) is 5.19. The number of carbonyl (C=O) groups excluding carboxylic acids is 1. The van der Waals surface area contributed by atoms with E-state index in [2.05, 4.69) is 32.1 Å². The lowest BCUT2D eigenvalue weighted by Gasteiger charge is -2.37. The van der Waals surface area contributed by atoms with Crippen molar-refractivity contribution in [2.24, 2.45) is 0 Å². The fraction of sp³-hybridized carbons (Fsp3) is 0.273. The molecule has 1 saturated heterocycles. The van der Waals surface area contributed by atoms with Crippen LogP contribution < -0.4 is 5.32 Å². The molecule has 1 aliphatic heterocycles. The van der Waals surface area contributed by atoms with Gasteiger partial charge in [0.15, 0.2) is 0 Å². The molecular weight excluding hydrogens is 350 g/mol. The Balaban J connectivity index is 1.52. The van der Waals surface area contributed by atoms with Gasteiger partial charge in [-0.05, 0) is 36.9 Å². The predicted molar refractivity (Wildman–Crippen MR) is 111 cm³/mol. The van der Waals surface area contributed by atoms with Gasteiger partial charge in [-0.1, -0.05) is 30.3 Å². The molecule has 0 aliphatic carbocycles. The van der Waals surface area contributed by atoms with Crippen molar-refractivity contribution in [2.75, 3.05) is 38.5 Å². The summed E-state index contributed by atoms with van der Waals surface area (Å²) in [5.41, 5.74) is 2.80. The van der Waals surface area contributed by atoms with Crippen LogP contribution in [0, 0.1) is 0 Å². The maximum atomic E-state index is 13.2. The minimum atomic E-state index is -0.292. The van der Waals surface area contributed by atoms with Gasteiger partial charge < -0.3 is 15.2 Å². The van der Waals surface area contributed by atoms with Crippen LogP contribution in [0.15, 0.2) is 67.0 Å². The van der Waals surface area contributed by atoms with E-state index in [0.29, 0.717) is 0 Å². The standard InChI is InChI=1S/C22H25N5O/c1-26-13-15-27(16-14-26)20(17-5-3-2-4-6-17)22(28)25-19-9-7-18(8-10-19)21-23-11-12-24-21/h2-12,20H,13-16H2,1H3,(H,23,24)(H,25,28). The Hall–Kier alpha value is -2.96. The number of hydrogen-bond acceptors (Lipinski definition) is 4. The summed E-state index contributed by atoms with van der Waals surface area (Å²) in [5, 5.41) is 3.10. The first kappa shape index (κ1) is 18.4. The first-order valence-corrected chi connectivity index (χ1v) is 9.59. The van der Waals surface area contributed by atoms with Gasteiger partial charge in [0.2, 0.25) is 5.91 Å². The number of imidazole rings is 1. The molecule has 2 N–H and O–H groups in total. The fourth-order valence-electron chi connectivity index (χ4n) is 3.59. The van der Waals surface area contributed by atoms with Crippen LogP contribution in [-0.2, 0) is 4.79 Å². The number of benzene rings is 2. The van der Waals surface area contributed by atoms with E-state index in [0.717, 1.165) is 48.8 Å². The number of aromatic nitrogens is 2. The summed E-state index contributed by atoms with van der Waals surface area (Å²) in [6, 6.07) is 17.5. The Morgan fingerprint density at radius 3 is 2.39 bits per heavy atom. The van der Waals surface area contributed by atoms with E-state index in [4.69, 9.17) is 0 Å². The van der Waals surface area contributed by atoms with E-state index in [1.807, 2.05) is 54.6 Å². The largest absolute Gasteiger partial charge is 0.345 e. The smallest absolute Gasteiger partial charge is 0.246 e. The molecule has 0 spiro atoms. The van der Waals surface area contributed by atoms with Crippen LogP contribution in [0.3, 0.4) is 0 Å². The molecule has 0 radical (unpaired) electrons. The van der Waals surface area contributed by atoms with Gasteiger partial charge in [-0.25, -0.2) is 4.98 Å². The molecule has 0 saturated carbocycles. The van der Waals surface area contributed by atoms with Crippen molar-refractivity contribution in [3.63, 3.8) is 0 Å². The first-order valence-electron chi connectivity index (χ1n) is 9.59. The molecule has 2 heterocycles. The van der Waals surface area contributed by atoms with E-state index < -0.39 is 0 Å². The number of piperazine rings is 1. The van der Waals surface area contributed by atoms with Crippen molar-refractivity contribution in [3.05, 3.63) is 72.6 Å². The van der Waals surface area contributed by atoms with Crippen molar-refractivity contribution in [3.8, 4) is 11.4 Å². The van der Waals surface area contributed by atoms with Crippen molar-refractivity contribution in [2.45, 2.75) is 6.04 Å². The lowest BCUT2D eigenvalue weighted by molar-refractivity contribution is -0.122. The van der Waals surface area contributed by atoms with Gasteiger partial charge in [0.05, 0.1) is 0 Å². The number of likely N-dealkylation sites (N-methyl/N-ethyl adjacent to an activating group) is 1. The molecule has 2 aromatic carbocycles. The van der Waals surface area contributed by atoms with Crippen LogP contribution >= 0.6 is 0 Å². The van der Waals surface area contributed by atoms with Crippen LogP contribution in [0.4, 0.5) is 5.69 Å². The Kier molecular flexibility index (Phi) is 5.50. The molecule has 1 amide bonds. The van der Waals surface area contributed by atoms with Crippen LogP contribution in [0.25, 0.3) is 11.4 Å². The number of H-pyrrole nitrogens is 1. The monoisotopic (exact) mass is 375 g/mol. The minimum absolute atomic E-state index is 0.00139. The normalized spacial score (nSPS) is 16.6. The topological polar surface area (TPSA) is 64.3 Å². The zero-order chi connectivity index (χ0) is 19.3. The molecule has 6 heteroatoms. The molecule has 1 atom stereocenters. The Labute approximate surface area is 165 Å².